The normalized spacial score (nSPS) is 14.3. The van der Waals surface area contributed by atoms with Gasteiger partial charge >= 0.3 is 0 Å². The van der Waals surface area contributed by atoms with Crippen LogP contribution in [0.2, 0.25) is 0 Å². The average molecular weight is 439 g/mol. The number of amides is 1. The number of aryl methyl sites for hydroxylation is 3. The van der Waals surface area contributed by atoms with Crippen LogP contribution in [0.4, 0.5) is 5.69 Å². The zero-order valence-electron chi connectivity index (χ0n) is 19.8. The number of para-hydroxylation sites is 1. The fourth-order valence-corrected chi connectivity index (χ4v) is 4.54. The number of aromatic nitrogens is 1. The molecular weight excluding hydrogens is 408 g/mol. The number of rotatable bonds is 4. The van der Waals surface area contributed by atoms with Gasteiger partial charge in [-0.3, -0.25) is 4.79 Å². The van der Waals surface area contributed by atoms with Gasteiger partial charge in [0.1, 0.15) is 11.6 Å². The molecular formula is C28H30N4O. The van der Waals surface area contributed by atoms with Crippen LogP contribution in [-0.2, 0) is 4.79 Å². The summed E-state index contributed by atoms with van der Waals surface area (Å²) in [5.41, 5.74) is 7.87. The van der Waals surface area contributed by atoms with Crippen molar-refractivity contribution in [2.75, 3.05) is 31.1 Å². The van der Waals surface area contributed by atoms with Crippen LogP contribution in [0, 0.1) is 39.0 Å². The Balaban J connectivity index is 1.55. The Kier molecular flexibility index (Phi) is 6.37. The molecule has 1 aliphatic heterocycles. The quantitative estimate of drug-likeness (QED) is 0.427. The number of hydrogen-bond donors (Lipinski definition) is 0. The molecule has 5 nitrogen and oxygen atoms in total. The van der Waals surface area contributed by atoms with E-state index in [2.05, 4.69) is 72.7 Å². The van der Waals surface area contributed by atoms with Crippen LogP contribution >= 0.6 is 0 Å². The van der Waals surface area contributed by atoms with Crippen molar-refractivity contribution in [2.45, 2.75) is 27.7 Å². The topological polar surface area (TPSA) is 52.3 Å². The molecule has 33 heavy (non-hydrogen) atoms. The average Bonchev–Trinajstić information content (AvgIpc) is 3.11. The van der Waals surface area contributed by atoms with E-state index in [4.69, 9.17) is 0 Å². The molecule has 5 heteroatoms. The van der Waals surface area contributed by atoms with Crippen molar-refractivity contribution < 1.29 is 4.79 Å². The number of carbonyl (C=O) groups is 1. The Bertz CT molecular complexity index is 1240. The maximum atomic E-state index is 13.2. The lowest BCUT2D eigenvalue weighted by Gasteiger charge is -2.36. The van der Waals surface area contributed by atoms with Crippen LogP contribution in [0.15, 0.2) is 60.2 Å². The predicted molar refractivity (Wildman–Crippen MR) is 134 cm³/mol. The van der Waals surface area contributed by atoms with E-state index in [0.717, 1.165) is 35.7 Å². The first-order valence-electron chi connectivity index (χ1n) is 11.4. The molecule has 168 valence electrons. The lowest BCUT2D eigenvalue weighted by molar-refractivity contribution is -0.126. The van der Waals surface area contributed by atoms with Gasteiger partial charge in [0.25, 0.3) is 5.91 Å². The van der Waals surface area contributed by atoms with E-state index >= 15 is 0 Å². The summed E-state index contributed by atoms with van der Waals surface area (Å²) in [5, 5.41) is 9.80. The molecule has 1 saturated heterocycles. The number of carbonyl (C=O) groups excluding carboxylic acids is 1. The minimum absolute atomic E-state index is 0.185. The number of benzene rings is 2. The smallest absolute Gasteiger partial charge is 0.264 e. The Hall–Kier alpha value is -3.78. The molecule has 0 unspecified atom stereocenters. The van der Waals surface area contributed by atoms with Crippen molar-refractivity contribution in [2.24, 2.45) is 0 Å². The molecule has 1 fully saturated rings. The summed E-state index contributed by atoms with van der Waals surface area (Å²) in [6, 6.07) is 20.8. The summed E-state index contributed by atoms with van der Waals surface area (Å²) in [5.74, 6) is -0.193. The number of piperazine rings is 1. The highest BCUT2D eigenvalue weighted by atomic mass is 16.2. The van der Waals surface area contributed by atoms with Crippen LogP contribution in [0.3, 0.4) is 0 Å². The van der Waals surface area contributed by atoms with Crippen molar-refractivity contribution in [3.63, 3.8) is 0 Å². The van der Waals surface area contributed by atoms with Gasteiger partial charge in [-0.25, -0.2) is 0 Å². The summed E-state index contributed by atoms with van der Waals surface area (Å²) in [7, 11) is 0. The van der Waals surface area contributed by atoms with Gasteiger partial charge in [-0.05, 0) is 74.7 Å². The van der Waals surface area contributed by atoms with Crippen LogP contribution in [-0.4, -0.2) is 41.6 Å². The molecule has 0 saturated carbocycles. The van der Waals surface area contributed by atoms with Gasteiger partial charge in [0.05, 0.1) is 0 Å². The van der Waals surface area contributed by atoms with Gasteiger partial charge in [-0.15, -0.1) is 0 Å². The van der Waals surface area contributed by atoms with E-state index in [9.17, 15) is 10.1 Å². The summed E-state index contributed by atoms with van der Waals surface area (Å²) < 4.78 is 2.20. The SMILES string of the molecule is Cc1ccc(C)c(-n2c(C)cc(/C=C(/C#N)C(=O)N3CCN(c4ccccc4)CC3)c2C)c1. The van der Waals surface area contributed by atoms with Gasteiger partial charge in [-0.1, -0.05) is 30.3 Å². The zero-order valence-corrected chi connectivity index (χ0v) is 19.8. The third-order valence-electron chi connectivity index (χ3n) is 6.41. The Morgan fingerprint density at radius 3 is 2.30 bits per heavy atom. The van der Waals surface area contributed by atoms with Crippen molar-refractivity contribution >= 4 is 17.7 Å². The molecule has 0 bridgehead atoms. The number of nitrogens with zero attached hydrogens (tertiary/aromatic N) is 4. The van der Waals surface area contributed by atoms with Gasteiger partial charge < -0.3 is 14.4 Å². The van der Waals surface area contributed by atoms with E-state index in [-0.39, 0.29) is 11.5 Å². The van der Waals surface area contributed by atoms with Crippen LogP contribution < -0.4 is 4.90 Å². The highest BCUT2D eigenvalue weighted by Crippen LogP contribution is 2.26. The van der Waals surface area contributed by atoms with E-state index < -0.39 is 0 Å². The van der Waals surface area contributed by atoms with Crippen LogP contribution in [0.25, 0.3) is 11.8 Å². The Morgan fingerprint density at radius 1 is 0.939 bits per heavy atom. The third kappa shape index (κ3) is 4.56. The minimum Gasteiger partial charge on any atom is -0.368 e. The van der Waals surface area contributed by atoms with Crippen LogP contribution in [0.5, 0.6) is 0 Å². The molecule has 2 aromatic carbocycles. The second-order valence-corrected chi connectivity index (χ2v) is 8.74. The van der Waals surface area contributed by atoms with Gasteiger partial charge in [0, 0.05) is 48.9 Å². The summed E-state index contributed by atoms with van der Waals surface area (Å²) >= 11 is 0. The molecule has 3 aromatic rings. The largest absolute Gasteiger partial charge is 0.368 e. The van der Waals surface area contributed by atoms with E-state index in [1.807, 2.05) is 25.1 Å². The highest BCUT2D eigenvalue weighted by Gasteiger charge is 2.24. The highest BCUT2D eigenvalue weighted by molar-refractivity contribution is 6.02. The van der Waals surface area contributed by atoms with E-state index in [0.29, 0.717) is 13.1 Å². The zero-order chi connectivity index (χ0) is 23.5. The maximum absolute atomic E-state index is 13.2. The monoisotopic (exact) mass is 438 g/mol. The molecule has 1 aromatic heterocycles. The van der Waals surface area contributed by atoms with Crippen molar-refractivity contribution in [3.8, 4) is 11.8 Å². The molecule has 0 aliphatic carbocycles. The second-order valence-electron chi connectivity index (χ2n) is 8.74. The van der Waals surface area contributed by atoms with E-state index in [1.54, 1.807) is 11.0 Å². The fraction of sp³-hybridized carbons (Fsp3) is 0.286. The third-order valence-corrected chi connectivity index (χ3v) is 6.41. The fourth-order valence-electron chi connectivity index (χ4n) is 4.54. The van der Waals surface area contributed by atoms with Crippen molar-refractivity contribution in [1.82, 2.24) is 9.47 Å². The Morgan fingerprint density at radius 2 is 1.64 bits per heavy atom. The maximum Gasteiger partial charge on any atom is 0.264 e. The van der Waals surface area contributed by atoms with E-state index in [1.165, 1.54) is 16.8 Å². The molecule has 0 spiro atoms. The first-order chi connectivity index (χ1) is 15.9. The molecule has 4 rings (SSSR count). The van der Waals surface area contributed by atoms with Crippen molar-refractivity contribution in [1.29, 1.82) is 5.26 Å². The summed E-state index contributed by atoms with van der Waals surface area (Å²) in [6.45, 7) is 11.0. The van der Waals surface area contributed by atoms with Gasteiger partial charge in [0.2, 0.25) is 0 Å². The van der Waals surface area contributed by atoms with Gasteiger partial charge in [-0.2, -0.15) is 5.26 Å². The molecule has 1 aliphatic rings. The molecule has 1 amide bonds. The Labute approximate surface area is 196 Å². The summed E-state index contributed by atoms with van der Waals surface area (Å²) in [6.07, 6.45) is 1.75. The summed E-state index contributed by atoms with van der Waals surface area (Å²) in [4.78, 5) is 17.2. The molecule has 0 N–H and O–H groups in total. The number of hydrogen-bond acceptors (Lipinski definition) is 3. The number of anilines is 1. The minimum atomic E-state index is -0.193. The molecule has 2 heterocycles. The standard InChI is InChI=1S/C28H30N4O/c1-20-10-11-21(2)27(16-20)32-22(3)17-24(23(32)4)18-25(19-29)28(33)31-14-12-30(13-15-31)26-8-6-5-7-9-26/h5-11,16-18H,12-15H2,1-4H3/b25-18-. The van der Waals surface area contributed by atoms with Crippen molar-refractivity contribution in [3.05, 3.63) is 88.2 Å². The molecule has 0 atom stereocenters. The molecule has 0 radical (unpaired) electrons. The lowest BCUT2D eigenvalue weighted by Crippen LogP contribution is -2.49. The predicted octanol–water partition coefficient (Wildman–Crippen LogP) is 4.97. The second kappa shape index (κ2) is 9.38. The first-order valence-corrected chi connectivity index (χ1v) is 11.4. The number of nitriles is 1. The van der Waals surface area contributed by atoms with Crippen LogP contribution in [0.1, 0.15) is 28.1 Å². The first kappa shape index (κ1) is 22.4. The lowest BCUT2D eigenvalue weighted by atomic mass is 10.1. The van der Waals surface area contributed by atoms with Gasteiger partial charge in [0.15, 0.2) is 0 Å².